The lowest BCUT2D eigenvalue weighted by atomic mass is 9.87. The monoisotopic (exact) mass is 412 g/mol. The van der Waals surface area contributed by atoms with Crippen molar-refractivity contribution in [1.82, 2.24) is 9.97 Å². The van der Waals surface area contributed by atoms with Gasteiger partial charge in [0.25, 0.3) is 5.91 Å². The summed E-state index contributed by atoms with van der Waals surface area (Å²) in [7, 11) is 0. The number of hydrogen-bond acceptors (Lipinski definition) is 5. The van der Waals surface area contributed by atoms with Crippen molar-refractivity contribution in [3.05, 3.63) is 84.1 Å². The van der Waals surface area contributed by atoms with Gasteiger partial charge < -0.3 is 15.8 Å². The van der Waals surface area contributed by atoms with Crippen LogP contribution in [0.25, 0.3) is 10.8 Å². The molecule has 0 radical (unpaired) electrons. The highest BCUT2D eigenvalue weighted by Crippen LogP contribution is 2.28. The van der Waals surface area contributed by atoms with Crippen molar-refractivity contribution in [3.8, 4) is 11.6 Å². The van der Waals surface area contributed by atoms with Crippen molar-refractivity contribution in [3.63, 3.8) is 0 Å². The van der Waals surface area contributed by atoms with Crippen LogP contribution in [0.15, 0.2) is 72.9 Å². The Morgan fingerprint density at radius 2 is 1.81 bits per heavy atom. The second kappa shape index (κ2) is 8.07. The molecular weight excluding hydrogens is 388 g/mol. The van der Waals surface area contributed by atoms with E-state index in [1.54, 1.807) is 12.1 Å². The Hall–Kier alpha value is -3.93. The third kappa shape index (κ3) is 4.64. The molecular formula is C25H24N4O2. The molecule has 3 N–H and O–H groups in total. The first-order chi connectivity index (χ1) is 14.8. The van der Waals surface area contributed by atoms with Crippen LogP contribution in [-0.4, -0.2) is 15.9 Å². The van der Waals surface area contributed by atoms with Crippen molar-refractivity contribution in [2.24, 2.45) is 0 Å². The summed E-state index contributed by atoms with van der Waals surface area (Å²) >= 11 is 0. The van der Waals surface area contributed by atoms with E-state index in [9.17, 15) is 4.79 Å². The number of nitrogens with one attached hydrogen (secondary N) is 1. The van der Waals surface area contributed by atoms with Crippen LogP contribution in [-0.2, 0) is 5.41 Å². The Morgan fingerprint density at radius 1 is 1.00 bits per heavy atom. The second-order valence-corrected chi connectivity index (χ2v) is 8.33. The minimum Gasteiger partial charge on any atom is -0.439 e. The summed E-state index contributed by atoms with van der Waals surface area (Å²) in [5.74, 6) is 0.946. The number of fused-ring (bicyclic) bond motifs is 1. The van der Waals surface area contributed by atoms with E-state index in [1.807, 2.05) is 48.5 Å². The summed E-state index contributed by atoms with van der Waals surface area (Å²) in [6, 6.07) is 20.7. The lowest BCUT2D eigenvalue weighted by molar-refractivity contribution is 0.102. The number of ether oxygens (including phenoxy) is 1. The summed E-state index contributed by atoms with van der Waals surface area (Å²) in [6.07, 6.45) is 1.54. The van der Waals surface area contributed by atoms with Gasteiger partial charge in [0, 0.05) is 23.5 Å². The molecule has 31 heavy (non-hydrogen) atoms. The van der Waals surface area contributed by atoms with Gasteiger partial charge in [-0.1, -0.05) is 45.0 Å². The van der Waals surface area contributed by atoms with Crippen LogP contribution in [0.4, 0.5) is 11.6 Å². The van der Waals surface area contributed by atoms with Gasteiger partial charge in [-0.2, -0.15) is 4.98 Å². The molecule has 0 atom stereocenters. The summed E-state index contributed by atoms with van der Waals surface area (Å²) in [5.41, 5.74) is 8.14. The number of amides is 1. The quantitative estimate of drug-likeness (QED) is 0.458. The maximum atomic E-state index is 13.0. The Kier molecular flexibility index (Phi) is 5.29. The highest BCUT2D eigenvalue weighted by molar-refractivity contribution is 6.13. The Bertz CT molecular complexity index is 1260. The predicted octanol–water partition coefficient (Wildman–Crippen LogP) is 5.55. The summed E-state index contributed by atoms with van der Waals surface area (Å²) in [6.45, 7) is 6.44. The first-order valence-corrected chi connectivity index (χ1v) is 10.0. The molecule has 0 bridgehead atoms. The van der Waals surface area contributed by atoms with Gasteiger partial charge >= 0.3 is 0 Å². The average molecular weight is 412 g/mol. The highest BCUT2D eigenvalue weighted by atomic mass is 16.5. The number of benzene rings is 3. The van der Waals surface area contributed by atoms with Crippen LogP contribution in [0.3, 0.4) is 0 Å². The predicted molar refractivity (Wildman–Crippen MR) is 124 cm³/mol. The summed E-state index contributed by atoms with van der Waals surface area (Å²) in [4.78, 5) is 20.9. The van der Waals surface area contributed by atoms with Crippen LogP contribution in [0.1, 0.15) is 36.7 Å². The van der Waals surface area contributed by atoms with Crippen LogP contribution in [0.2, 0.25) is 0 Å². The van der Waals surface area contributed by atoms with Gasteiger partial charge in [-0.3, -0.25) is 4.79 Å². The molecule has 0 spiro atoms. The maximum Gasteiger partial charge on any atom is 0.256 e. The van der Waals surface area contributed by atoms with E-state index >= 15 is 0 Å². The molecule has 0 saturated heterocycles. The zero-order valence-corrected chi connectivity index (χ0v) is 17.7. The minimum atomic E-state index is -0.158. The topological polar surface area (TPSA) is 90.1 Å². The molecule has 4 rings (SSSR count). The Labute approximate surface area is 181 Å². The average Bonchev–Trinajstić information content (AvgIpc) is 2.73. The lowest BCUT2D eigenvalue weighted by Gasteiger charge is -2.20. The zero-order chi connectivity index (χ0) is 22.0. The molecule has 1 amide bonds. The Balaban J connectivity index is 1.60. The standard InChI is InChI=1S/C25H24N4O2/c1-25(2,3)17-7-5-8-18(15-17)28-23(30)21-9-4-6-16-14-19(10-11-20(16)21)31-22-12-13-27-24(26)29-22/h4-15H,1-3H3,(H,28,30)(H2,26,27,29). The molecule has 0 unspecified atom stereocenters. The number of hydrogen-bond donors (Lipinski definition) is 2. The van der Waals surface area contributed by atoms with E-state index in [1.165, 1.54) is 6.20 Å². The molecule has 6 nitrogen and oxygen atoms in total. The molecule has 1 aromatic heterocycles. The van der Waals surface area contributed by atoms with Crippen molar-refractivity contribution < 1.29 is 9.53 Å². The molecule has 4 aromatic rings. The van der Waals surface area contributed by atoms with E-state index in [-0.39, 0.29) is 17.3 Å². The molecule has 156 valence electrons. The fourth-order valence-corrected chi connectivity index (χ4v) is 3.32. The molecule has 1 heterocycles. The SMILES string of the molecule is CC(C)(C)c1cccc(NC(=O)c2cccc3cc(Oc4ccnc(N)n4)ccc23)c1. The first-order valence-electron chi connectivity index (χ1n) is 10.0. The van der Waals surface area contributed by atoms with Crippen molar-refractivity contribution in [2.75, 3.05) is 11.1 Å². The third-order valence-electron chi connectivity index (χ3n) is 4.95. The van der Waals surface area contributed by atoms with Gasteiger partial charge in [-0.25, -0.2) is 4.98 Å². The largest absolute Gasteiger partial charge is 0.439 e. The van der Waals surface area contributed by atoms with Crippen LogP contribution in [0.5, 0.6) is 11.6 Å². The van der Waals surface area contributed by atoms with Crippen molar-refractivity contribution in [1.29, 1.82) is 0 Å². The normalized spacial score (nSPS) is 11.3. The molecule has 3 aromatic carbocycles. The third-order valence-corrected chi connectivity index (χ3v) is 4.95. The van der Waals surface area contributed by atoms with Gasteiger partial charge in [0.1, 0.15) is 5.75 Å². The van der Waals surface area contributed by atoms with Crippen molar-refractivity contribution in [2.45, 2.75) is 26.2 Å². The number of rotatable bonds is 4. The number of carbonyl (C=O) groups is 1. The number of carbonyl (C=O) groups excluding carboxylic acids is 1. The summed E-state index contributed by atoms with van der Waals surface area (Å²) in [5, 5.41) is 4.74. The molecule has 0 aliphatic rings. The first kappa shape index (κ1) is 20.3. The highest BCUT2D eigenvalue weighted by Gasteiger charge is 2.15. The Morgan fingerprint density at radius 3 is 2.58 bits per heavy atom. The van der Waals surface area contributed by atoms with Crippen molar-refractivity contribution >= 4 is 28.3 Å². The van der Waals surface area contributed by atoms with Gasteiger partial charge in [0.05, 0.1) is 0 Å². The molecule has 0 aliphatic heterocycles. The number of anilines is 2. The van der Waals surface area contributed by atoms with Gasteiger partial charge in [0.15, 0.2) is 0 Å². The molecule has 0 fully saturated rings. The van der Waals surface area contributed by atoms with Gasteiger partial charge in [0.2, 0.25) is 11.8 Å². The smallest absolute Gasteiger partial charge is 0.256 e. The van der Waals surface area contributed by atoms with E-state index in [0.29, 0.717) is 17.2 Å². The van der Waals surface area contributed by atoms with Crippen LogP contribution >= 0.6 is 0 Å². The maximum absolute atomic E-state index is 13.0. The number of nitrogens with two attached hydrogens (primary N) is 1. The van der Waals surface area contributed by atoms with E-state index in [2.05, 4.69) is 42.1 Å². The molecule has 0 aliphatic carbocycles. The van der Waals surface area contributed by atoms with Crippen LogP contribution in [0, 0.1) is 0 Å². The number of nitrogen functional groups attached to an aromatic ring is 1. The molecule has 6 heteroatoms. The fraction of sp³-hybridized carbons (Fsp3) is 0.160. The lowest BCUT2D eigenvalue weighted by Crippen LogP contribution is -2.15. The fourth-order valence-electron chi connectivity index (χ4n) is 3.32. The van der Waals surface area contributed by atoms with Gasteiger partial charge in [-0.05, 0) is 58.1 Å². The van der Waals surface area contributed by atoms with E-state index < -0.39 is 0 Å². The van der Waals surface area contributed by atoms with E-state index in [0.717, 1.165) is 22.0 Å². The van der Waals surface area contributed by atoms with E-state index in [4.69, 9.17) is 10.5 Å². The van der Waals surface area contributed by atoms with Crippen LogP contribution < -0.4 is 15.8 Å². The number of nitrogens with zero attached hydrogens (tertiary/aromatic N) is 2. The van der Waals surface area contributed by atoms with Gasteiger partial charge in [-0.15, -0.1) is 0 Å². The number of aromatic nitrogens is 2. The zero-order valence-electron chi connectivity index (χ0n) is 17.7. The molecule has 0 saturated carbocycles. The second-order valence-electron chi connectivity index (χ2n) is 8.33. The summed E-state index contributed by atoms with van der Waals surface area (Å²) < 4.78 is 5.78. The minimum absolute atomic E-state index is 0.00488.